The average Bonchev–Trinajstić information content (AvgIpc) is 2.91. The molecule has 0 aromatic heterocycles. The molecule has 1 fully saturated rings. The summed E-state index contributed by atoms with van der Waals surface area (Å²) in [7, 11) is 0. The molecule has 0 radical (unpaired) electrons. The zero-order valence-corrected chi connectivity index (χ0v) is 10.9. The quantitative estimate of drug-likeness (QED) is 0.870. The van der Waals surface area contributed by atoms with E-state index in [4.69, 9.17) is 9.57 Å². The molecule has 1 N–H and O–H groups in total. The van der Waals surface area contributed by atoms with Crippen molar-refractivity contribution in [2.45, 2.75) is 31.7 Å². The highest BCUT2D eigenvalue weighted by Gasteiger charge is 2.36. The smallest absolute Gasteiger partial charge is 0.112 e. The molecule has 0 saturated heterocycles. The van der Waals surface area contributed by atoms with E-state index in [9.17, 15) is 0 Å². The molecule has 0 spiro atoms. The Morgan fingerprint density at radius 2 is 2.18 bits per heavy atom. The van der Waals surface area contributed by atoms with Gasteiger partial charge in [0.1, 0.15) is 10.7 Å². The van der Waals surface area contributed by atoms with E-state index >= 15 is 0 Å². The van der Waals surface area contributed by atoms with Crippen molar-refractivity contribution < 1.29 is 9.57 Å². The molecule has 0 bridgehead atoms. The number of hydrogen-bond donors (Lipinski definition) is 1. The first-order chi connectivity index (χ1) is 8.33. The third kappa shape index (κ3) is 2.39. The second-order valence-electron chi connectivity index (χ2n) is 4.41. The summed E-state index contributed by atoms with van der Waals surface area (Å²) in [6, 6.07) is 10.3. The van der Waals surface area contributed by atoms with Crippen molar-refractivity contribution in [1.29, 1.82) is 0 Å². The molecule has 1 heterocycles. The Bertz CT molecular complexity index is 432. The molecule has 3 rings (SSSR count). The summed E-state index contributed by atoms with van der Waals surface area (Å²) in [4.78, 5) is 5.42. The zero-order chi connectivity index (χ0) is 11.7. The molecule has 17 heavy (non-hydrogen) atoms. The van der Waals surface area contributed by atoms with Gasteiger partial charge in [0.05, 0.1) is 12.7 Å². The summed E-state index contributed by atoms with van der Waals surface area (Å²) in [5.41, 5.74) is 5.37. The number of rotatable bonds is 3. The third-order valence-corrected chi connectivity index (χ3v) is 3.89. The predicted octanol–water partition coefficient (Wildman–Crippen LogP) is 2.88. The van der Waals surface area contributed by atoms with Gasteiger partial charge in [-0.2, -0.15) is 0 Å². The lowest BCUT2D eigenvalue weighted by atomic mass is 10.2. The highest BCUT2D eigenvalue weighted by molar-refractivity contribution is 9.11. The average molecular weight is 296 g/mol. The lowest BCUT2D eigenvalue weighted by molar-refractivity contribution is 0.000314. The van der Waals surface area contributed by atoms with Crippen LogP contribution in [0.5, 0.6) is 0 Å². The number of halogens is 1. The first-order valence-electron chi connectivity index (χ1n) is 5.78. The largest absolute Gasteiger partial charge is 0.373 e. The summed E-state index contributed by atoms with van der Waals surface area (Å²) in [6.07, 6.45) is 2.34. The second kappa shape index (κ2) is 4.80. The molecule has 4 heteroatoms. The molecule has 1 aliphatic carbocycles. The second-order valence-corrected chi connectivity index (χ2v) is 5.20. The standard InChI is InChI=1S/C13H14BrNO2/c14-13-11-6-10(7-12(11)17-15-13)16-8-9-4-2-1-3-5-9/h1-5,10,12,15H,6-8H2/t10-,12-/m1/s1. The molecule has 2 aliphatic rings. The number of hydroxylamine groups is 1. The van der Waals surface area contributed by atoms with Gasteiger partial charge in [0, 0.05) is 12.8 Å². The number of fused-ring (bicyclic) bond motifs is 1. The minimum atomic E-state index is 0.185. The fraction of sp³-hybridized carbons (Fsp3) is 0.385. The van der Waals surface area contributed by atoms with Crippen molar-refractivity contribution in [3.05, 3.63) is 46.1 Å². The maximum absolute atomic E-state index is 5.91. The van der Waals surface area contributed by atoms with E-state index in [0.717, 1.165) is 17.4 Å². The molecule has 1 aliphatic heterocycles. The van der Waals surface area contributed by atoms with Crippen LogP contribution < -0.4 is 5.48 Å². The Hall–Kier alpha value is -0.840. The highest BCUT2D eigenvalue weighted by atomic mass is 79.9. The Morgan fingerprint density at radius 3 is 2.94 bits per heavy atom. The van der Waals surface area contributed by atoms with Crippen molar-refractivity contribution in [2.24, 2.45) is 0 Å². The fourth-order valence-electron chi connectivity index (χ4n) is 2.29. The molecule has 2 atom stereocenters. The summed E-state index contributed by atoms with van der Waals surface area (Å²) in [5, 5.41) is 0. The van der Waals surface area contributed by atoms with Crippen molar-refractivity contribution in [1.82, 2.24) is 5.48 Å². The Morgan fingerprint density at radius 1 is 1.35 bits per heavy atom. The minimum absolute atomic E-state index is 0.185. The van der Waals surface area contributed by atoms with Gasteiger partial charge in [-0.25, -0.2) is 0 Å². The van der Waals surface area contributed by atoms with Crippen LogP contribution in [0.15, 0.2) is 40.5 Å². The van der Waals surface area contributed by atoms with Gasteiger partial charge >= 0.3 is 0 Å². The van der Waals surface area contributed by atoms with Crippen molar-refractivity contribution in [3.63, 3.8) is 0 Å². The van der Waals surface area contributed by atoms with E-state index < -0.39 is 0 Å². The maximum atomic E-state index is 5.91. The lowest BCUT2D eigenvalue weighted by Gasteiger charge is -2.12. The van der Waals surface area contributed by atoms with Gasteiger partial charge in [-0.05, 0) is 27.1 Å². The molecule has 1 aromatic carbocycles. The van der Waals surface area contributed by atoms with Crippen LogP contribution in [0.25, 0.3) is 0 Å². The van der Waals surface area contributed by atoms with E-state index in [2.05, 4.69) is 33.5 Å². The number of benzene rings is 1. The Labute approximate surface area is 109 Å². The SMILES string of the molecule is BrC1=C2C[C@@H](OCc3ccccc3)C[C@H]2ON1. The van der Waals surface area contributed by atoms with Gasteiger partial charge in [0.15, 0.2) is 0 Å². The third-order valence-electron chi connectivity index (χ3n) is 3.21. The van der Waals surface area contributed by atoms with Gasteiger partial charge in [-0.15, -0.1) is 0 Å². The molecule has 1 aromatic rings. The summed E-state index contributed by atoms with van der Waals surface area (Å²) in [5.74, 6) is 0. The molecule has 0 unspecified atom stereocenters. The topological polar surface area (TPSA) is 30.5 Å². The van der Waals surface area contributed by atoms with Gasteiger partial charge < -0.3 is 4.74 Å². The summed E-state index contributed by atoms with van der Waals surface area (Å²) >= 11 is 3.46. The number of hydrogen-bond acceptors (Lipinski definition) is 3. The van der Waals surface area contributed by atoms with Crippen LogP contribution in [0.1, 0.15) is 18.4 Å². The summed E-state index contributed by atoms with van der Waals surface area (Å²) in [6.45, 7) is 0.677. The number of ether oxygens (including phenoxy) is 1. The first-order valence-corrected chi connectivity index (χ1v) is 6.58. The van der Waals surface area contributed by atoms with Crippen molar-refractivity contribution in [3.8, 4) is 0 Å². The monoisotopic (exact) mass is 295 g/mol. The van der Waals surface area contributed by atoms with Crippen LogP contribution in [0.3, 0.4) is 0 Å². The van der Waals surface area contributed by atoms with E-state index in [1.165, 1.54) is 11.1 Å². The van der Waals surface area contributed by atoms with Gasteiger partial charge in [-0.3, -0.25) is 10.3 Å². The van der Waals surface area contributed by atoms with E-state index in [0.29, 0.717) is 6.61 Å². The molecule has 90 valence electrons. The van der Waals surface area contributed by atoms with Crippen LogP contribution in [-0.4, -0.2) is 12.2 Å². The maximum Gasteiger partial charge on any atom is 0.112 e. The van der Waals surface area contributed by atoms with E-state index in [1.807, 2.05) is 18.2 Å². The Balaban J connectivity index is 1.57. The summed E-state index contributed by atoms with van der Waals surface area (Å²) < 4.78 is 6.89. The minimum Gasteiger partial charge on any atom is -0.373 e. The fourth-order valence-corrected chi connectivity index (χ4v) is 2.81. The molecular formula is C13H14BrNO2. The molecule has 3 nitrogen and oxygen atoms in total. The van der Waals surface area contributed by atoms with Crippen molar-refractivity contribution >= 4 is 15.9 Å². The molecule has 0 amide bonds. The van der Waals surface area contributed by atoms with Crippen LogP contribution in [0.4, 0.5) is 0 Å². The van der Waals surface area contributed by atoms with E-state index in [-0.39, 0.29) is 12.2 Å². The van der Waals surface area contributed by atoms with Crippen LogP contribution in [0.2, 0.25) is 0 Å². The number of nitrogens with one attached hydrogen (secondary N) is 1. The normalized spacial score (nSPS) is 27.1. The van der Waals surface area contributed by atoms with Crippen molar-refractivity contribution in [2.75, 3.05) is 0 Å². The van der Waals surface area contributed by atoms with Crippen LogP contribution in [0, 0.1) is 0 Å². The van der Waals surface area contributed by atoms with Gasteiger partial charge in [0.25, 0.3) is 0 Å². The van der Waals surface area contributed by atoms with E-state index in [1.54, 1.807) is 0 Å². The predicted molar refractivity (Wildman–Crippen MR) is 68.2 cm³/mol. The first kappa shape index (κ1) is 11.3. The highest BCUT2D eigenvalue weighted by Crippen LogP contribution is 2.37. The lowest BCUT2D eigenvalue weighted by Crippen LogP contribution is -2.15. The molecule has 1 saturated carbocycles. The van der Waals surface area contributed by atoms with Gasteiger partial charge in [0.2, 0.25) is 0 Å². The van der Waals surface area contributed by atoms with Gasteiger partial charge in [-0.1, -0.05) is 30.3 Å². The van der Waals surface area contributed by atoms with Crippen LogP contribution >= 0.6 is 15.9 Å². The van der Waals surface area contributed by atoms with Crippen LogP contribution in [-0.2, 0) is 16.2 Å². The zero-order valence-electron chi connectivity index (χ0n) is 9.36. The Kier molecular flexibility index (Phi) is 3.18. The molecular weight excluding hydrogens is 282 g/mol.